The van der Waals surface area contributed by atoms with Crippen LogP contribution in [0.2, 0.25) is 5.02 Å². The van der Waals surface area contributed by atoms with E-state index in [1.54, 1.807) is 12.1 Å². The number of carbonyl (C=O) groups excluding carboxylic acids is 4. The predicted octanol–water partition coefficient (Wildman–Crippen LogP) is 0.426. The number of likely N-dealkylation sites (tertiary alicyclic amines) is 1. The minimum atomic E-state index is -0.756. The van der Waals surface area contributed by atoms with Crippen molar-refractivity contribution in [2.75, 3.05) is 51.5 Å². The lowest BCUT2D eigenvalue weighted by Gasteiger charge is -2.37. The van der Waals surface area contributed by atoms with Crippen molar-refractivity contribution in [2.45, 2.75) is 18.6 Å². The first-order chi connectivity index (χ1) is 18.1. The van der Waals surface area contributed by atoms with E-state index in [2.05, 4.69) is 15.6 Å². The van der Waals surface area contributed by atoms with E-state index >= 15 is 0 Å². The average molecular weight is 549 g/mol. The Labute approximate surface area is 223 Å². The second kappa shape index (κ2) is 13.0. The molecule has 2 aromatic rings. The largest absolute Gasteiger partial charge is 0.480 e. The molecule has 1 aliphatic rings. The Balaban J connectivity index is 1.53. The Hall–Kier alpha value is -3.94. The van der Waals surface area contributed by atoms with Gasteiger partial charge in [-0.2, -0.15) is 4.98 Å². The van der Waals surface area contributed by atoms with E-state index in [1.165, 1.54) is 32.4 Å². The highest BCUT2D eigenvalue weighted by Gasteiger charge is 2.32. The number of halogens is 1. The van der Waals surface area contributed by atoms with Crippen molar-refractivity contribution in [3.8, 4) is 5.88 Å². The van der Waals surface area contributed by atoms with Crippen molar-refractivity contribution in [1.82, 2.24) is 15.2 Å². The maximum Gasteiger partial charge on any atom is 0.338 e. The van der Waals surface area contributed by atoms with Crippen LogP contribution in [-0.4, -0.2) is 86.2 Å². The van der Waals surface area contributed by atoms with Crippen LogP contribution < -0.4 is 26.8 Å². The van der Waals surface area contributed by atoms with Crippen molar-refractivity contribution in [3.05, 3.63) is 46.5 Å². The molecule has 14 heteroatoms. The molecule has 1 aromatic carbocycles. The van der Waals surface area contributed by atoms with E-state index in [-0.39, 0.29) is 52.4 Å². The summed E-state index contributed by atoms with van der Waals surface area (Å²) < 4.78 is 15.5. The summed E-state index contributed by atoms with van der Waals surface area (Å²) in [5.74, 6) is -2.04. The van der Waals surface area contributed by atoms with Gasteiger partial charge in [0.1, 0.15) is 11.4 Å². The van der Waals surface area contributed by atoms with E-state index in [1.807, 2.05) is 4.90 Å². The summed E-state index contributed by atoms with van der Waals surface area (Å²) in [5, 5.41) is 5.83. The first kappa shape index (κ1) is 28.6. The lowest BCUT2D eigenvalue weighted by Crippen LogP contribution is -2.55. The van der Waals surface area contributed by atoms with Gasteiger partial charge in [0.05, 0.1) is 36.4 Å². The number of nitrogen functional groups attached to an aromatic ring is 1. The number of anilines is 2. The van der Waals surface area contributed by atoms with Gasteiger partial charge in [-0.1, -0.05) is 11.6 Å². The highest BCUT2D eigenvalue weighted by Crippen LogP contribution is 2.25. The summed E-state index contributed by atoms with van der Waals surface area (Å²) in [5.41, 5.74) is 11.5. The van der Waals surface area contributed by atoms with Gasteiger partial charge in [0.25, 0.3) is 11.8 Å². The average Bonchev–Trinajstić information content (AvgIpc) is 2.89. The van der Waals surface area contributed by atoms with Gasteiger partial charge in [-0.25, -0.2) is 4.79 Å². The molecule has 1 fully saturated rings. The SMILES string of the molecule is COc1nc(N)c(Cl)cc1C(=O)NC1CCN(CC(=O)Nc2ccc(C(=O)OCC(N)=O)cc2)CC1OC. The van der Waals surface area contributed by atoms with E-state index in [4.69, 9.17) is 37.3 Å². The summed E-state index contributed by atoms with van der Waals surface area (Å²) in [7, 11) is 2.91. The molecule has 0 saturated carbocycles. The summed E-state index contributed by atoms with van der Waals surface area (Å²) in [6, 6.07) is 7.10. The fourth-order valence-corrected chi connectivity index (χ4v) is 4.04. The molecule has 2 heterocycles. The highest BCUT2D eigenvalue weighted by atomic mass is 35.5. The molecule has 204 valence electrons. The molecule has 3 rings (SSSR count). The second-order valence-corrected chi connectivity index (χ2v) is 8.87. The maximum atomic E-state index is 12.9. The van der Waals surface area contributed by atoms with Crippen LogP contribution in [0.3, 0.4) is 0 Å². The van der Waals surface area contributed by atoms with E-state index in [9.17, 15) is 19.2 Å². The monoisotopic (exact) mass is 548 g/mol. The molecule has 0 spiro atoms. The summed E-state index contributed by atoms with van der Waals surface area (Å²) >= 11 is 6.03. The van der Waals surface area contributed by atoms with Crippen LogP contribution in [0.5, 0.6) is 5.88 Å². The van der Waals surface area contributed by atoms with Crippen molar-refractivity contribution < 1.29 is 33.4 Å². The Morgan fingerprint density at radius 3 is 2.53 bits per heavy atom. The number of esters is 1. The Kier molecular flexibility index (Phi) is 9.82. The van der Waals surface area contributed by atoms with Gasteiger partial charge >= 0.3 is 5.97 Å². The number of ether oxygens (including phenoxy) is 3. The molecule has 0 bridgehead atoms. The minimum Gasteiger partial charge on any atom is -0.480 e. The molecule has 0 radical (unpaired) electrons. The van der Waals surface area contributed by atoms with Crippen LogP contribution >= 0.6 is 11.6 Å². The fourth-order valence-electron chi connectivity index (χ4n) is 3.89. The van der Waals surface area contributed by atoms with Gasteiger partial charge in [0.2, 0.25) is 11.8 Å². The number of nitrogens with one attached hydrogen (secondary N) is 2. The van der Waals surface area contributed by atoms with E-state index < -0.39 is 24.4 Å². The predicted molar refractivity (Wildman–Crippen MR) is 138 cm³/mol. The third-order valence-electron chi connectivity index (χ3n) is 5.79. The minimum absolute atomic E-state index is 0.0556. The van der Waals surface area contributed by atoms with Crippen LogP contribution in [0.15, 0.2) is 30.3 Å². The van der Waals surface area contributed by atoms with Crippen molar-refractivity contribution in [3.63, 3.8) is 0 Å². The number of benzene rings is 1. The normalized spacial score (nSPS) is 17.3. The molecule has 1 aliphatic heterocycles. The number of hydrogen-bond acceptors (Lipinski definition) is 10. The number of nitrogens with zero attached hydrogens (tertiary/aromatic N) is 2. The number of primary amides is 1. The third-order valence-corrected chi connectivity index (χ3v) is 6.09. The van der Waals surface area contributed by atoms with Crippen LogP contribution in [0, 0.1) is 0 Å². The molecule has 6 N–H and O–H groups in total. The molecule has 13 nitrogen and oxygen atoms in total. The molecular weight excluding hydrogens is 520 g/mol. The van der Waals surface area contributed by atoms with Crippen LogP contribution in [0.1, 0.15) is 27.1 Å². The fraction of sp³-hybridized carbons (Fsp3) is 0.375. The van der Waals surface area contributed by atoms with Crippen LogP contribution in [-0.2, 0) is 19.1 Å². The standard InChI is InChI=1S/C24H29ClN6O7/c1-36-18-10-31(8-7-17(18)29-22(34)15-9-16(25)21(27)30-23(15)37-2)11-20(33)28-14-5-3-13(4-6-14)24(35)38-12-19(26)32/h3-6,9,17-18H,7-8,10-12H2,1-2H3,(H2,26,32)(H2,27,30)(H,28,33)(H,29,34). The number of piperidine rings is 1. The molecule has 3 amide bonds. The van der Waals surface area contributed by atoms with Gasteiger partial charge in [0, 0.05) is 25.9 Å². The Bertz CT molecular complexity index is 1190. The Morgan fingerprint density at radius 2 is 1.89 bits per heavy atom. The number of nitrogens with two attached hydrogens (primary N) is 2. The topological polar surface area (TPSA) is 188 Å². The van der Waals surface area contributed by atoms with Gasteiger partial charge in [-0.3, -0.25) is 19.3 Å². The molecule has 1 aromatic heterocycles. The van der Waals surface area contributed by atoms with E-state index in [0.29, 0.717) is 25.2 Å². The van der Waals surface area contributed by atoms with Gasteiger partial charge in [0.15, 0.2) is 6.61 Å². The molecule has 2 unspecified atom stereocenters. The van der Waals surface area contributed by atoms with E-state index in [0.717, 1.165) is 0 Å². The lowest BCUT2D eigenvalue weighted by molar-refractivity contribution is -0.121. The second-order valence-electron chi connectivity index (χ2n) is 8.46. The first-order valence-electron chi connectivity index (χ1n) is 11.5. The van der Waals surface area contributed by atoms with Crippen molar-refractivity contribution >= 4 is 46.8 Å². The zero-order valence-electron chi connectivity index (χ0n) is 20.9. The number of pyridine rings is 1. The highest BCUT2D eigenvalue weighted by molar-refractivity contribution is 6.33. The molecule has 0 aliphatic carbocycles. The summed E-state index contributed by atoms with van der Waals surface area (Å²) in [6.45, 7) is 0.508. The zero-order valence-corrected chi connectivity index (χ0v) is 21.6. The summed E-state index contributed by atoms with van der Waals surface area (Å²) in [6.07, 6.45) is 0.146. The number of hydrogen-bond donors (Lipinski definition) is 4. The molecule has 2 atom stereocenters. The lowest BCUT2D eigenvalue weighted by atomic mass is 10.0. The third kappa shape index (κ3) is 7.54. The Morgan fingerprint density at radius 1 is 1.18 bits per heavy atom. The number of methoxy groups -OCH3 is 2. The molecule has 1 saturated heterocycles. The smallest absolute Gasteiger partial charge is 0.338 e. The van der Waals surface area contributed by atoms with Gasteiger partial charge in [-0.05, 0) is 36.8 Å². The first-order valence-corrected chi connectivity index (χ1v) is 11.9. The zero-order chi connectivity index (χ0) is 27.8. The number of aromatic nitrogens is 1. The molecule has 38 heavy (non-hydrogen) atoms. The number of carbonyl (C=O) groups is 4. The van der Waals surface area contributed by atoms with Crippen molar-refractivity contribution in [2.24, 2.45) is 5.73 Å². The van der Waals surface area contributed by atoms with Gasteiger partial charge < -0.3 is 36.3 Å². The maximum absolute atomic E-state index is 12.9. The van der Waals surface area contributed by atoms with Crippen LogP contribution in [0.25, 0.3) is 0 Å². The quantitative estimate of drug-likeness (QED) is 0.303. The van der Waals surface area contributed by atoms with Crippen LogP contribution in [0.4, 0.5) is 11.5 Å². The number of amides is 3. The summed E-state index contributed by atoms with van der Waals surface area (Å²) in [4.78, 5) is 54.0. The van der Waals surface area contributed by atoms with Gasteiger partial charge in [-0.15, -0.1) is 0 Å². The van der Waals surface area contributed by atoms with Crippen molar-refractivity contribution in [1.29, 1.82) is 0 Å². The number of rotatable bonds is 10. The molecular formula is C24H29ClN6O7.